The van der Waals surface area contributed by atoms with E-state index in [2.05, 4.69) is 75.0 Å². The lowest BCUT2D eigenvalue weighted by molar-refractivity contribution is 0.569. The molecule has 4 heteroatoms. The molecule has 3 N–H and O–H groups in total. The Kier molecular flexibility index (Phi) is 4.38. The summed E-state index contributed by atoms with van der Waals surface area (Å²) in [5.74, 6) is 1.01. The maximum Gasteiger partial charge on any atom is 0.222 e. The van der Waals surface area contributed by atoms with Crippen molar-refractivity contribution in [3.8, 4) is 0 Å². The van der Waals surface area contributed by atoms with Crippen molar-refractivity contribution in [1.82, 2.24) is 9.97 Å². The van der Waals surface area contributed by atoms with Crippen molar-refractivity contribution in [2.45, 2.75) is 59.3 Å². The Morgan fingerprint density at radius 1 is 0.826 bits per heavy atom. The minimum absolute atomic E-state index is 0.0817. The van der Waals surface area contributed by atoms with Gasteiger partial charge in [-0.05, 0) is 41.0 Å². The molecule has 0 aliphatic rings. The third kappa shape index (κ3) is 4.44. The molecule has 0 aliphatic heterocycles. The third-order valence-corrected chi connectivity index (χ3v) is 3.81. The number of nitrogens with zero attached hydrogens (tertiary/aromatic N) is 2. The van der Waals surface area contributed by atoms with Crippen LogP contribution in [-0.2, 0) is 10.8 Å². The number of hydrogen-bond acceptors (Lipinski definition) is 4. The molecule has 0 spiro atoms. The first-order valence-corrected chi connectivity index (χ1v) is 7.99. The maximum atomic E-state index is 5.75. The Bertz CT molecular complexity index is 654. The fourth-order valence-electron chi connectivity index (χ4n) is 2.37. The highest BCUT2D eigenvalue weighted by molar-refractivity contribution is 5.60. The second-order valence-electron chi connectivity index (χ2n) is 8.18. The molecule has 0 aliphatic carbocycles. The van der Waals surface area contributed by atoms with E-state index in [0.29, 0.717) is 0 Å². The Morgan fingerprint density at radius 2 is 1.35 bits per heavy atom. The Balaban J connectivity index is 2.49. The van der Waals surface area contributed by atoms with Crippen LogP contribution in [0.5, 0.6) is 0 Å². The molecule has 1 aromatic carbocycles. The fraction of sp³-hybridized carbons (Fsp3) is 0.474. The van der Waals surface area contributed by atoms with Gasteiger partial charge in [-0.15, -0.1) is 0 Å². The van der Waals surface area contributed by atoms with Crippen LogP contribution < -0.4 is 11.1 Å². The van der Waals surface area contributed by atoms with Gasteiger partial charge in [0.1, 0.15) is 5.82 Å². The second-order valence-corrected chi connectivity index (χ2v) is 8.18. The molecule has 0 saturated heterocycles. The van der Waals surface area contributed by atoms with Crippen LogP contribution in [0, 0.1) is 6.92 Å². The number of benzene rings is 1. The summed E-state index contributed by atoms with van der Waals surface area (Å²) in [7, 11) is 0. The molecular weight excluding hydrogens is 284 g/mol. The van der Waals surface area contributed by atoms with Gasteiger partial charge < -0.3 is 11.1 Å². The number of aromatic nitrogens is 2. The van der Waals surface area contributed by atoms with Crippen molar-refractivity contribution in [2.75, 3.05) is 11.1 Å². The first-order valence-electron chi connectivity index (χ1n) is 7.99. The van der Waals surface area contributed by atoms with E-state index >= 15 is 0 Å². The van der Waals surface area contributed by atoms with E-state index < -0.39 is 0 Å². The number of nitrogens with one attached hydrogen (secondary N) is 1. The first-order chi connectivity index (χ1) is 10.4. The van der Waals surface area contributed by atoms with Crippen LogP contribution in [0.3, 0.4) is 0 Å². The Hall–Kier alpha value is -2.10. The van der Waals surface area contributed by atoms with Crippen molar-refractivity contribution < 1.29 is 0 Å². The molecule has 1 heterocycles. The quantitative estimate of drug-likeness (QED) is 0.843. The zero-order chi connectivity index (χ0) is 17.4. The van der Waals surface area contributed by atoms with Gasteiger partial charge in [-0.1, -0.05) is 47.6 Å². The van der Waals surface area contributed by atoms with Crippen LogP contribution in [0.15, 0.2) is 24.3 Å². The second kappa shape index (κ2) is 5.84. The predicted molar refractivity (Wildman–Crippen MR) is 98.3 cm³/mol. The number of aryl methyl sites for hydroxylation is 1. The van der Waals surface area contributed by atoms with Crippen LogP contribution in [0.25, 0.3) is 0 Å². The molecule has 0 unspecified atom stereocenters. The minimum Gasteiger partial charge on any atom is -0.368 e. The standard InChI is InChI=1S/C19H28N4/c1-12-8-16(23-17(20)21-12)22-15-10-13(18(2,3)4)9-14(11-15)19(5,6)7/h8-11H,1-7H3,(H3,20,21,22,23). The van der Waals surface area contributed by atoms with Crippen molar-refractivity contribution >= 4 is 17.5 Å². The fourth-order valence-corrected chi connectivity index (χ4v) is 2.37. The number of hydrogen-bond donors (Lipinski definition) is 2. The molecule has 0 atom stereocenters. The summed E-state index contributed by atoms with van der Waals surface area (Å²) in [6.45, 7) is 15.3. The molecule has 0 bridgehead atoms. The molecule has 0 radical (unpaired) electrons. The van der Waals surface area contributed by atoms with Gasteiger partial charge in [0.15, 0.2) is 0 Å². The van der Waals surface area contributed by atoms with E-state index in [1.807, 2.05) is 13.0 Å². The molecule has 2 rings (SSSR count). The van der Waals surface area contributed by atoms with E-state index in [0.717, 1.165) is 17.2 Å². The molecule has 2 aromatic rings. The van der Waals surface area contributed by atoms with Crippen LogP contribution in [0.1, 0.15) is 58.4 Å². The smallest absolute Gasteiger partial charge is 0.222 e. The molecule has 23 heavy (non-hydrogen) atoms. The molecule has 0 saturated carbocycles. The van der Waals surface area contributed by atoms with Gasteiger partial charge in [0, 0.05) is 17.4 Å². The number of nitrogen functional groups attached to an aromatic ring is 1. The number of nitrogens with two attached hydrogens (primary N) is 1. The summed E-state index contributed by atoms with van der Waals surface area (Å²) in [6.07, 6.45) is 0. The van der Waals surface area contributed by atoms with Gasteiger partial charge in [0.2, 0.25) is 5.95 Å². The lowest BCUT2D eigenvalue weighted by Crippen LogP contribution is -2.17. The topological polar surface area (TPSA) is 63.8 Å². The summed E-state index contributed by atoms with van der Waals surface area (Å²) in [6, 6.07) is 8.56. The predicted octanol–water partition coefficient (Wildman–Crippen LogP) is 4.71. The van der Waals surface area contributed by atoms with Crippen molar-refractivity contribution in [1.29, 1.82) is 0 Å². The van der Waals surface area contributed by atoms with Crippen LogP contribution in [-0.4, -0.2) is 9.97 Å². The Morgan fingerprint density at radius 3 is 1.78 bits per heavy atom. The van der Waals surface area contributed by atoms with Crippen molar-refractivity contribution in [3.63, 3.8) is 0 Å². The summed E-state index contributed by atoms with van der Waals surface area (Å²) in [5.41, 5.74) is 10.4. The lowest BCUT2D eigenvalue weighted by atomic mass is 9.80. The summed E-state index contributed by atoms with van der Waals surface area (Å²) in [4.78, 5) is 8.38. The number of anilines is 3. The monoisotopic (exact) mass is 312 g/mol. The molecule has 124 valence electrons. The van der Waals surface area contributed by atoms with Gasteiger partial charge in [-0.2, -0.15) is 4.98 Å². The summed E-state index contributed by atoms with van der Waals surface area (Å²) < 4.78 is 0. The first kappa shape index (κ1) is 17.3. The minimum atomic E-state index is 0.0817. The average molecular weight is 312 g/mol. The van der Waals surface area contributed by atoms with Crippen LogP contribution in [0.2, 0.25) is 0 Å². The van der Waals surface area contributed by atoms with Crippen LogP contribution >= 0.6 is 0 Å². The van der Waals surface area contributed by atoms with E-state index in [9.17, 15) is 0 Å². The van der Waals surface area contributed by atoms with Gasteiger partial charge in [0.25, 0.3) is 0 Å². The van der Waals surface area contributed by atoms with E-state index in [1.165, 1.54) is 11.1 Å². The zero-order valence-electron chi connectivity index (χ0n) is 15.3. The summed E-state index contributed by atoms with van der Waals surface area (Å²) >= 11 is 0. The summed E-state index contributed by atoms with van der Waals surface area (Å²) in [5, 5.41) is 3.38. The average Bonchev–Trinajstić information content (AvgIpc) is 2.34. The molecule has 0 amide bonds. The molecular formula is C19H28N4. The molecule has 0 fully saturated rings. The van der Waals surface area contributed by atoms with E-state index in [-0.39, 0.29) is 16.8 Å². The molecule has 1 aromatic heterocycles. The van der Waals surface area contributed by atoms with Crippen molar-refractivity contribution in [2.24, 2.45) is 0 Å². The van der Waals surface area contributed by atoms with Crippen LogP contribution in [0.4, 0.5) is 17.5 Å². The maximum absolute atomic E-state index is 5.75. The van der Waals surface area contributed by atoms with Gasteiger partial charge in [-0.3, -0.25) is 0 Å². The van der Waals surface area contributed by atoms with E-state index in [4.69, 9.17) is 5.73 Å². The lowest BCUT2D eigenvalue weighted by Gasteiger charge is -2.26. The zero-order valence-corrected chi connectivity index (χ0v) is 15.3. The number of rotatable bonds is 2. The van der Waals surface area contributed by atoms with Gasteiger partial charge in [-0.25, -0.2) is 4.98 Å². The molecule has 4 nitrogen and oxygen atoms in total. The third-order valence-electron chi connectivity index (χ3n) is 3.81. The van der Waals surface area contributed by atoms with Gasteiger partial charge >= 0.3 is 0 Å². The highest BCUT2D eigenvalue weighted by Crippen LogP contribution is 2.32. The van der Waals surface area contributed by atoms with Gasteiger partial charge in [0.05, 0.1) is 0 Å². The highest BCUT2D eigenvalue weighted by Gasteiger charge is 2.20. The normalized spacial score (nSPS) is 12.3. The van der Waals surface area contributed by atoms with Crippen molar-refractivity contribution in [3.05, 3.63) is 41.1 Å². The highest BCUT2D eigenvalue weighted by atomic mass is 15.1. The Labute approximate surface area is 139 Å². The SMILES string of the molecule is Cc1cc(Nc2cc(C(C)(C)C)cc(C(C)(C)C)c2)nc(N)n1. The van der Waals surface area contributed by atoms with E-state index in [1.54, 1.807) is 0 Å². The largest absolute Gasteiger partial charge is 0.368 e.